The van der Waals surface area contributed by atoms with Crippen molar-refractivity contribution in [1.29, 1.82) is 0 Å². The summed E-state index contributed by atoms with van der Waals surface area (Å²) < 4.78 is 0. The topological polar surface area (TPSA) is 58.4 Å². The third-order valence-corrected chi connectivity index (χ3v) is 2.87. The second-order valence-corrected chi connectivity index (χ2v) is 5.13. The Labute approximate surface area is 129 Å². The maximum absolute atomic E-state index is 11.8. The van der Waals surface area contributed by atoms with Crippen LogP contribution in [0.15, 0.2) is 18.2 Å². The van der Waals surface area contributed by atoms with Crippen molar-refractivity contribution >= 4 is 47.2 Å². The number of nitrogens with zero attached hydrogens (tertiary/aromatic N) is 1. The number of halogens is 3. The lowest BCUT2D eigenvalue weighted by atomic mass is 10.3. The van der Waals surface area contributed by atoms with Crippen molar-refractivity contribution in [3.05, 3.63) is 28.2 Å². The Morgan fingerprint density at radius 3 is 2.42 bits per heavy atom. The number of anilines is 1. The molecule has 0 radical (unpaired) electrons. The zero-order chi connectivity index (χ0) is 13.7. The minimum atomic E-state index is -0.173. The van der Waals surface area contributed by atoms with Crippen molar-refractivity contribution in [2.75, 3.05) is 25.5 Å². The van der Waals surface area contributed by atoms with Gasteiger partial charge in [-0.05, 0) is 26.1 Å². The zero-order valence-corrected chi connectivity index (χ0v) is 13.1. The van der Waals surface area contributed by atoms with Gasteiger partial charge in [0.1, 0.15) is 0 Å². The van der Waals surface area contributed by atoms with Gasteiger partial charge >= 0.3 is 0 Å². The van der Waals surface area contributed by atoms with E-state index in [0.29, 0.717) is 22.3 Å². The standard InChI is InChI=1S/C12H17Cl2N3O.ClH/c1-8(15)6-17(2)7-11(18)16-12-9(13)4-3-5-10(12)14;/h3-5,8H,6-7,15H2,1-2H3,(H,16,18);1H. The normalized spacial score (nSPS) is 11.9. The number of rotatable bonds is 5. The number of nitrogens with one attached hydrogen (secondary N) is 1. The van der Waals surface area contributed by atoms with Crippen molar-refractivity contribution in [3.63, 3.8) is 0 Å². The SMILES string of the molecule is CC(N)CN(C)CC(=O)Nc1c(Cl)cccc1Cl.Cl. The van der Waals surface area contributed by atoms with E-state index in [0.717, 1.165) is 0 Å². The van der Waals surface area contributed by atoms with Gasteiger partial charge in [-0.3, -0.25) is 9.69 Å². The van der Waals surface area contributed by atoms with Crippen LogP contribution in [0.4, 0.5) is 5.69 Å². The third-order valence-electron chi connectivity index (χ3n) is 2.24. The maximum atomic E-state index is 11.8. The highest BCUT2D eigenvalue weighted by atomic mass is 35.5. The fourth-order valence-corrected chi connectivity index (χ4v) is 2.09. The second-order valence-electron chi connectivity index (χ2n) is 4.32. The highest BCUT2D eigenvalue weighted by Crippen LogP contribution is 2.29. The molecule has 0 aliphatic rings. The molecule has 1 amide bonds. The van der Waals surface area contributed by atoms with Gasteiger partial charge in [-0.1, -0.05) is 29.3 Å². The number of likely N-dealkylation sites (N-methyl/N-ethyl adjacent to an activating group) is 1. The first kappa shape index (κ1) is 18.5. The third kappa shape index (κ3) is 6.45. The number of para-hydroxylation sites is 1. The Morgan fingerprint density at radius 2 is 1.95 bits per heavy atom. The molecular weight excluding hydrogens is 309 g/mol. The molecule has 0 aliphatic heterocycles. The van der Waals surface area contributed by atoms with Gasteiger partial charge in [0, 0.05) is 12.6 Å². The van der Waals surface area contributed by atoms with Crippen molar-refractivity contribution < 1.29 is 4.79 Å². The van der Waals surface area contributed by atoms with Crippen molar-refractivity contribution in [1.82, 2.24) is 4.90 Å². The van der Waals surface area contributed by atoms with Gasteiger partial charge in [0.2, 0.25) is 5.91 Å². The zero-order valence-electron chi connectivity index (χ0n) is 10.8. The van der Waals surface area contributed by atoms with Crippen LogP contribution < -0.4 is 11.1 Å². The van der Waals surface area contributed by atoms with E-state index in [1.165, 1.54) is 0 Å². The van der Waals surface area contributed by atoms with E-state index in [9.17, 15) is 4.79 Å². The summed E-state index contributed by atoms with van der Waals surface area (Å²) >= 11 is 11.9. The Kier molecular flexibility index (Phi) is 8.38. The van der Waals surface area contributed by atoms with Gasteiger partial charge < -0.3 is 11.1 Å². The molecule has 1 unspecified atom stereocenters. The summed E-state index contributed by atoms with van der Waals surface area (Å²) in [7, 11) is 1.83. The summed E-state index contributed by atoms with van der Waals surface area (Å²) in [5.74, 6) is -0.173. The minimum Gasteiger partial charge on any atom is -0.327 e. The number of hydrogen-bond acceptors (Lipinski definition) is 3. The molecule has 0 aliphatic carbocycles. The molecule has 1 atom stereocenters. The lowest BCUT2D eigenvalue weighted by molar-refractivity contribution is -0.117. The number of benzene rings is 1. The van der Waals surface area contributed by atoms with Gasteiger partial charge in [0.05, 0.1) is 22.3 Å². The van der Waals surface area contributed by atoms with Gasteiger partial charge in [-0.25, -0.2) is 0 Å². The fraction of sp³-hybridized carbons (Fsp3) is 0.417. The van der Waals surface area contributed by atoms with Crippen molar-refractivity contribution in [2.45, 2.75) is 13.0 Å². The van der Waals surface area contributed by atoms with Crippen molar-refractivity contribution in [3.8, 4) is 0 Å². The van der Waals surface area contributed by atoms with Crippen LogP contribution in [-0.2, 0) is 4.79 Å². The molecule has 0 saturated carbocycles. The van der Waals surface area contributed by atoms with Crippen LogP contribution >= 0.6 is 35.6 Å². The number of hydrogen-bond donors (Lipinski definition) is 2. The predicted octanol–water partition coefficient (Wildman–Crippen LogP) is 2.63. The second kappa shape index (κ2) is 8.61. The minimum absolute atomic E-state index is 0. The summed E-state index contributed by atoms with van der Waals surface area (Å²) in [6.45, 7) is 2.77. The Morgan fingerprint density at radius 1 is 1.42 bits per heavy atom. The number of amides is 1. The van der Waals surface area contributed by atoms with E-state index in [1.54, 1.807) is 18.2 Å². The van der Waals surface area contributed by atoms with Crippen LogP contribution in [0.2, 0.25) is 10.0 Å². The van der Waals surface area contributed by atoms with Crippen LogP contribution in [0.25, 0.3) is 0 Å². The molecule has 108 valence electrons. The molecule has 0 fully saturated rings. The molecule has 1 aromatic carbocycles. The van der Waals surface area contributed by atoms with Crippen LogP contribution in [0.5, 0.6) is 0 Å². The van der Waals surface area contributed by atoms with Gasteiger partial charge in [0.15, 0.2) is 0 Å². The monoisotopic (exact) mass is 325 g/mol. The average Bonchev–Trinajstić information content (AvgIpc) is 2.22. The molecule has 0 saturated heterocycles. The largest absolute Gasteiger partial charge is 0.327 e. The summed E-state index contributed by atoms with van der Waals surface area (Å²) in [5.41, 5.74) is 6.10. The number of carbonyl (C=O) groups excluding carboxylic acids is 1. The fourth-order valence-electron chi connectivity index (χ4n) is 1.60. The van der Waals surface area contributed by atoms with Gasteiger partial charge in [-0.2, -0.15) is 0 Å². The number of carbonyl (C=O) groups is 1. The van der Waals surface area contributed by atoms with Crippen LogP contribution in [0.1, 0.15) is 6.92 Å². The number of nitrogens with two attached hydrogens (primary N) is 1. The molecular formula is C12H18Cl3N3O. The van der Waals surface area contributed by atoms with E-state index in [-0.39, 0.29) is 30.9 Å². The smallest absolute Gasteiger partial charge is 0.238 e. The lowest BCUT2D eigenvalue weighted by Gasteiger charge is -2.18. The van der Waals surface area contributed by atoms with E-state index in [1.807, 2.05) is 18.9 Å². The molecule has 19 heavy (non-hydrogen) atoms. The summed E-state index contributed by atoms with van der Waals surface area (Å²) in [4.78, 5) is 13.6. The average molecular weight is 327 g/mol. The van der Waals surface area contributed by atoms with Crippen LogP contribution in [-0.4, -0.2) is 37.0 Å². The van der Waals surface area contributed by atoms with E-state index in [4.69, 9.17) is 28.9 Å². The summed E-state index contributed by atoms with van der Waals surface area (Å²) in [6.07, 6.45) is 0. The van der Waals surface area contributed by atoms with Crippen molar-refractivity contribution in [2.24, 2.45) is 5.73 Å². The molecule has 0 spiro atoms. The van der Waals surface area contributed by atoms with Crippen LogP contribution in [0, 0.1) is 0 Å². The molecule has 1 aromatic rings. The first-order valence-corrected chi connectivity index (χ1v) is 6.33. The van der Waals surface area contributed by atoms with Crippen LogP contribution in [0.3, 0.4) is 0 Å². The van der Waals surface area contributed by atoms with E-state index in [2.05, 4.69) is 5.32 Å². The predicted molar refractivity (Wildman–Crippen MR) is 83.5 cm³/mol. The quantitative estimate of drug-likeness (QED) is 0.874. The summed E-state index contributed by atoms with van der Waals surface area (Å²) in [5, 5.41) is 3.54. The highest BCUT2D eigenvalue weighted by Gasteiger charge is 2.12. The molecule has 0 aromatic heterocycles. The molecule has 1 rings (SSSR count). The Balaban J connectivity index is 0.00000324. The first-order valence-electron chi connectivity index (χ1n) is 5.58. The highest BCUT2D eigenvalue weighted by molar-refractivity contribution is 6.39. The lowest BCUT2D eigenvalue weighted by Crippen LogP contribution is -2.37. The maximum Gasteiger partial charge on any atom is 0.238 e. The van der Waals surface area contributed by atoms with E-state index >= 15 is 0 Å². The summed E-state index contributed by atoms with van der Waals surface area (Å²) in [6, 6.07) is 5.10. The van der Waals surface area contributed by atoms with Gasteiger partial charge in [-0.15, -0.1) is 12.4 Å². The molecule has 7 heteroatoms. The van der Waals surface area contributed by atoms with Gasteiger partial charge in [0.25, 0.3) is 0 Å². The Bertz CT molecular complexity index is 406. The first-order chi connectivity index (χ1) is 8.40. The molecule has 3 N–H and O–H groups in total. The molecule has 4 nitrogen and oxygen atoms in total. The molecule has 0 bridgehead atoms. The van der Waals surface area contributed by atoms with E-state index < -0.39 is 0 Å². The molecule has 0 heterocycles. The Hall–Kier alpha value is -0.520.